The summed E-state index contributed by atoms with van der Waals surface area (Å²) in [6.45, 7) is 11.3. The first-order valence-corrected chi connectivity index (χ1v) is 9.54. The number of carbonyl (C=O) groups excluding carboxylic acids is 2. The number of amides is 2. The van der Waals surface area contributed by atoms with Gasteiger partial charge < -0.3 is 15.1 Å². The Morgan fingerprint density at radius 1 is 1.12 bits per heavy atom. The summed E-state index contributed by atoms with van der Waals surface area (Å²) in [4.78, 5) is 28.6. The Hall–Kier alpha value is -2.04. The van der Waals surface area contributed by atoms with Crippen molar-refractivity contribution in [1.82, 2.24) is 4.90 Å². The van der Waals surface area contributed by atoms with Crippen LogP contribution in [0.15, 0.2) is 18.2 Å². The summed E-state index contributed by atoms with van der Waals surface area (Å²) in [7, 11) is 3.98. The van der Waals surface area contributed by atoms with Gasteiger partial charge in [0.25, 0.3) is 0 Å². The second-order valence-corrected chi connectivity index (χ2v) is 7.80. The van der Waals surface area contributed by atoms with Crippen molar-refractivity contribution >= 4 is 23.2 Å². The summed E-state index contributed by atoms with van der Waals surface area (Å²) in [5, 5.41) is 2.98. The number of carbonyl (C=O) groups is 2. The van der Waals surface area contributed by atoms with Crippen molar-refractivity contribution in [2.75, 3.05) is 30.9 Å². The first-order chi connectivity index (χ1) is 12.1. The van der Waals surface area contributed by atoms with Crippen molar-refractivity contribution in [2.45, 2.75) is 54.0 Å². The van der Waals surface area contributed by atoms with Crippen LogP contribution in [0.25, 0.3) is 0 Å². The summed E-state index contributed by atoms with van der Waals surface area (Å²) in [6, 6.07) is 5.92. The minimum atomic E-state index is -0.0294. The molecule has 1 rings (SSSR count). The molecule has 0 atom stereocenters. The van der Waals surface area contributed by atoms with Crippen LogP contribution in [0.3, 0.4) is 0 Å². The van der Waals surface area contributed by atoms with Crippen molar-refractivity contribution < 1.29 is 9.59 Å². The molecule has 0 spiro atoms. The Bertz CT molecular complexity index is 609. The molecule has 5 nitrogen and oxygen atoms in total. The highest BCUT2D eigenvalue weighted by molar-refractivity contribution is 5.91. The molecule has 0 bridgehead atoms. The number of hydrogen-bond donors (Lipinski definition) is 1. The van der Waals surface area contributed by atoms with Gasteiger partial charge in [-0.1, -0.05) is 34.6 Å². The first kappa shape index (κ1) is 22.0. The van der Waals surface area contributed by atoms with E-state index in [2.05, 4.69) is 12.2 Å². The number of nitrogens with one attached hydrogen (secondary N) is 1. The molecule has 0 saturated heterocycles. The SMILES string of the molecule is CCCN(Cc1cc(NC(=O)CC(C)C)ccc1N(C)C)C(=O)C(C)C. The monoisotopic (exact) mass is 361 g/mol. The van der Waals surface area contributed by atoms with Crippen LogP contribution in [0.1, 0.15) is 53.0 Å². The van der Waals surface area contributed by atoms with Crippen molar-refractivity contribution in [2.24, 2.45) is 11.8 Å². The Morgan fingerprint density at radius 2 is 1.77 bits per heavy atom. The summed E-state index contributed by atoms with van der Waals surface area (Å²) in [6.07, 6.45) is 1.42. The maximum absolute atomic E-state index is 12.5. The third-order valence-electron chi connectivity index (χ3n) is 4.10. The highest BCUT2D eigenvalue weighted by Gasteiger charge is 2.19. The van der Waals surface area contributed by atoms with Crippen LogP contribution < -0.4 is 10.2 Å². The average Bonchev–Trinajstić information content (AvgIpc) is 2.52. The Morgan fingerprint density at radius 3 is 2.27 bits per heavy atom. The van der Waals surface area contributed by atoms with E-state index in [4.69, 9.17) is 0 Å². The van der Waals surface area contributed by atoms with E-state index in [-0.39, 0.29) is 17.7 Å². The van der Waals surface area contributed by atoms with Crippen molar-refractivity contribution in [3.63, 3.8) is 0 Å². The normalized spacial score (nSPS) is 11.0. The molecule has 0 aliphatic heterocycles. The fourth-order valence-corrected chi connectivity index (χ4v) is 2.92. The lowest BCUT2D eigenvalue weighted by Crippen LogP contribution is -2.35. The molecular formula is C21H35N3O2. The van der Waals surface area contributed by atoms with Gasteiger partial charge in [0.05, 0.1) is 0 Å². The van der Waals surface area contributed by atoms with Crippen LogP contribution in [0.5, 0.6) is 0 Å². The van der Waals surface area contributed by atoms with E-state index in [0.29, 0.717) is 18.9 Å². The quantitative estimate of drug-likeness (QED) is 0.719. The standard InChI is InChI=1S/C21H35N3O2/c1-8-11-24(21(26)16(4)5)14-17-13-18(9-10-19(17)23(6)7)22-20(25)12-15(2)3/h9-10,13,15-16H,8,11-12,14H2,1-7H3,(H,22,25). The predicted octanol–water partition coefficient (Wildman–Crippen LogP) is 4.13. The number of anilines is 2. The van der Waals surface area contributed by atoms with Gasteiger partial charge in [-0.2, -0.15) is 0 Å². The lowest BCUT2D eigenvalue weighted by molar-refractivity contribution is -0.135. The van der Waals surface area contributed by atoms with E-state index in [1.54, 1.807) is 0 Å². The second kappa shape index (κ2) is 10.2. The van der Waals surface area contributed by atoms with Gasteiger partial charge in [0.2, 0.25) is 11.8 Å². The van der Waals surface area contributed by atoms with Gasteiger partial charge in [-0.25, -0.2) is 0 Å². The van der Waals surface area contributed by atoms with E-state index in [1.165, 1.54) is 0 Å². The molecule has 5 heteroatoms. The largest absolute Gasteiger partial charge is 0.377 e. The molecule has 0 saturated carbocycles. The Balaban J connectivity index is 3.10. The zero-order chi connectivity index (χ0) is 19.9. The zero-order valence-electron chi connectivity index (χ0n) is 17.4. The van der Waals surface area contributed by atoms with Crippen molar-refractivity contribution in [1.29, 1.82) is 0 Å². The number of rotatable bonds is 9. The zero-order valence-corrected chi connectivity index (χ0v) is 17.4. The van der Waals surface area contributed by atoms with Gasteiger partial charge in [-0.3, -0.25) is 9.59 Å². The van der Waals surface area contributed by atoms with E-state index < -0.39 is 0 Å². The second-order valence-electron chi connectivity index (χ2n) is 7.80. The number of hydrogen-bond acceptors (Lipinski definition) is 3. The maximum atomic E-state index is 12.5. The highest BCUT2D eigenvalue weighted by Crippen LogP contribution is 2.25. The molecule has 0 aliphatic rings. The molecule has 0 aliphatic carbocycles. The van der Waals surface area contributed by atoms with Crippen molar-refractivity contribution in [3.05, 3.63) is 23.8 Å². The van der Waals surface area contributed by atoms with Gasteiger partial charge in [-0.15, -0.1) is 0 Å². The number of benzene rings is 1. The molecule has 0 radical (unpaired) electrons. The van der Waals surface area contributed by atoms with Gasteiger partial charge in [0.1, 0.15) is 0 Å². The Labute approximate surface area is 158 Å². The molecule has 0 unspecified atom stereocenters. The van der Waals surface area contributed by atoms with Gasteiger partial charge in [0.15, 0.2) is 0 Å². The van der Waals surface area contributed by atoms with E-state index in [0.717, 1.165) is 29.9 Å². The summed E-state index contributed by atoms with van der Waals surface area (Å²) in [5.74, 6) is 0.468. The molecule has 0 aromatic heterocycles. The van der Waals surface area contributed by atoms with Crippen LogP contribution in [0.4, 0.5) is 11.4 Å². The molecule has 1 aromatic carbocycles. The number of nitrogens with zero attached hydrogens (tertiary/aromatic N) is 2. The summed E-state index contributed by atoms with van der Waals surface area (Å²) < 4.78 is 0. The average molecular weight is 362 g/mol. The first-order valence-electron chi connectivity index (χ1n) is 9.54. The third-order valence-corrected chi connectivity index (χ3v) is 4.10. The molecule has 1 N–H and O–H groups in total. The van der Waals surface area contributed by atoms with Gasteiger partial charge in [0, 0.05) is 50.9 Å². The van der Waals surface area contributed by atoms with E-state index in [9.17, 15) is 9.59 Å². The smallest absolute Gasteiger partial charge is 0.225 e. The van der Waals surface area contributed by atoms with Gasteiger partial charge >= 0.3 is 0 Å². The molecule has 0 fully saturated rings. The third kappa shape index (κ3) is 6.70. The van der Waals surface area contributed by atoms with Gasteiger partial charge in [-0.05, 0) is 36.1 Å². The van der Waals surface area contributed by atoms with Crippen LogP contribution in [0, 0.1) is 11.8 Å². The van der Waals surface area contributed by atoms with Crippen molar-refractivity contribution in [3.8, 4) is 0 Å². The van der Waals surface area contributed by atoms with E-state index in [1.807, 2.05) is 69.8 Å². The minimum Gasteiger partial charge on any atom is -0.377 e. The lowest BCUT2D eigenvalue weighted by atomic mass is 10.1. The topological polar surface area (TPSA) is 52.7 Å². The minimum absolute atomic E-state index is 0.0206. The lowest BCUT2D eigenvalue weighted by Gasteiger charge is -2.27. The fraction of sp³-hybridized carbons (Fsp3) is 0.619. The Kier molecular flexibility index (Phi) is 8.62. The molecular weight excluding hydrogens is 326 g/mol. The molecule has 26 heavy (non-hydrogen) atoms. The molecule has 0 heterocycles. The maximum Gasteiger partial charge on any atom is 0.225 e. The van der Waals surface area contributed by atoms with E-state index >= 15 is 0 Å². The molecule has 1 aromatic rings. The van der Waals surface area contributed by atoms with Crippen LogP contribution in [-0.2, 0) is 16.1 Å². The predicted molar refractivity (Wildman–Crippen MR) is 109 cm³/mol. The van der Waals surface area contributed by atoms with Crippen LogP contribution in [0.2, 0.25) is 0 Å². The molecule has 2 amide bonds. The fourth-order valence-electron chi connectivity index (χ4n) is 2.92. The van der Waals surface area contributed by atoms with Crippen LogP contribution in [-0.4, -0.2) is 37.4 Å². The highest BCUT2D eigenvalue weighted by atomic mass is 16.2. The molecule has 146 valence electrons. The summed E-state index contributed by atoms with van der Waals surface area (Å²) in [5.41, 5.74) is 2.88. The summed E-state index contributed by atoms with van der Waals surface area (Å²) >= 11 is 0. The van der Waals surface area contributed by atoms with Crippen LogP contribution >= 0.6 is 0 Å².